The van der Waals surface area contributed by atoms with Crippen molar-refractivity contribution in [1.82, 2.24) is 15.2 Å². The maximum atomic E-state index is 12.4. The van der Waals surface area contributed by atoms with E-state index in [0.29, 0.717) is 22.3 Å². The fourth-order valence-electron chi connectivity index (χ4n) is 2.24. The van der Waals surface area contributed by atoms with Crippen molar-refractivity contribution in [2.24, 2.45) is 0 Å². The highest BCUT2D eigenvalue weighted by Crippen LogP contribution is 2.27. The number of hydrogen-bond donors (Lipinski definition) is 1. The van der Waals surface area contributed by atoms with Gasteiger partial charge in [-0.05, 0) is 58.4 Å². The van der Waals surface area contributed by atoms with Crippen LogP contribution in [0.4, 0.5) is 0 Å². The Morgan fingerprint density at radius 3 is 2.58 bits per heavy atom. The van der Waals surface area contributed by atoms with E-state index in [9.17, 15) is 4.79 Å². The molecular weight excluding hydrogens is 418 g/mol. The van der Waals surface area contributed by atoms with Crippen LogP contribution in [0, 0.1) is 0 Å². The molecule has 0 fully saturated rings. The van der Waals surface area contributed by atoms with E-state index in [1.165, 1.54) is 11.8 Å². The Morgan fingerprint density at radius 1 is 1.15 bits per heavy atom. The van der Waals surface area contributed by atoms with Crippen LogP contribution in [-0.4, -0.2) is 40.9 Å². The van der Waals surface area contributed by atoms with Gasteiger partial charge >= 0.3 is 0 Å². The molecule has 2 aromatic carbocycles. The fraction of sp³-hybridized carbons (Fsp3) is 0.167. The Bertz CT molecular complexity index is 912. The van der Waals surface area contributed by atoms with Crippen molar-refractivity contribution in [3.8, 4) is 22.9 Å². The lowest BCUT2D eigenvalue weighted by atomic mass is 10.1. The van der Waals surface area contributed by atoms with Crippen LogP contribution in [0.2, 0.25) is 0 Å². The summed E-state index contributed by atoms with van der Waals surface area (Å²) in [6.07, 6.45) is 0. The Morgan fingerprint density at radius 2 is 1.92 bits per heavy atom. The number of benzene rings is 2. The van der Waals surface area contributed by atoms with Gasteiger partial charge in [0, 0.05) is 11.1 Å². The molecule has 3 aromatic rings. The maximum Gasteiger partial charge on any atom is 0.209 e. The number of halogens is 1. The first-order valence-corrected chi connectivity index (χ1v) is 9.45. The molecular formula is C18H16BrN3O3S. The van der Waals surface area contributed by atoms with Gasteiger partial charge in [-0.25, -0.2) is 4.98 Å². The second-order valence-electron chi connectivity index (χ2n) is 5.26. The molecule has 0 amide bonds. The zero-order valence-electron chi connectivity index (χ0n) is 14.2. The third kappa shape index (κ3) is 4.25. The molecule has 0 aliphatic rings. The molecule has 134 valence electrons. The van der Waals surface area contributed by atoms with Crippen LogP contribution in [0.3, 0.4) is 0 Å². The van der Waals surface area contributed by atoms with Crippen LogP contribution in [0.25, 0.3) is 11.4 Å². The number of rotatable bonds is 7. The van der Waals surface area contributed by atoms with Gasteiger partial charge in [-0.3, -0.25) is 9.89 Å². The number of aromatic nitrogens is 3. The van der Waals surface area contributed by atoms with Crippen LogP contribution >= 0.6 is 27.7 Å². The number of Topliss-reactive ketones (excluding diaryl/α,β-unsaturated/α-hetero) is 1. The van der Waals surface area contributed by atoms with Crippen molar-refractivity contribution in [1.29, 1.82) is 0 Å². The molecule has 1 aromatic heterocycles. The third-order valence-electron chi connectivity index (χ3n) is 3.63. The largest absolute Gasteiger partial charge is 0.497 e. The van der Waals surface area contributed by atoms with Crippen molar-refractivity contribution < 1.29 is 14.3 Å². The van der Waals surface area contributed by atoms with Crippen LogP contribution in [0.5, 0.6) is 11.5 Å². The molecule has 3 rings (SSSR count). The van der Waals surface area contributed by atoms with Gasteiger partial charge < -0.3 is 9.47 Å². The summed E-state index contributed by atoms with van der Waals surface area (Å²) in [6, 6.07) is 12.8. The third-order valence-corrected chi connectivity index (χ3v) is 5.10. The average molecular weight is 434 g/mol. The molecule has 0 radical (unpaired) electrons. The maximum absolute atomic E-state index is 12.4. The van der Waals surface area contributed by atoms with Gasteiger partial charge in [0.1, 0.15) is 11.5 Å². The van der Waals surface area contributed by atoms with Crippen molar-refractivity contribution in [2.45, 2.75) is 5.16 Å². The van der Waals surface area contributed by atoms with E-state index in [1.54, 1.807) is 32.4 Å². The van der Waals surface area contributed by atoms with Gasteiger partial charge in [-0.15, -0.1) is 5.10 Å². The zero-order chi connectivity index (χ0) is 18.5. The predicted molar refractivity (Wildman–Crippen MR) is 104 cm³/mol. The van der Waals surface area contributed by atoms with E-state index in [1.807, 2.05) is 24.3 Å². The van der Waals surface area contributed by atoms with E-state index in [-0.39, 0.29) is 11.5 Å². The Kier molecular flexibility index (Phi) is 5.95. The summed E-state index contributed by atoms with van der Waals surface area (Å²) >= 11 is 4.68. The summed E-state index contributed by atoms with van der Waals surface area (Å²) in [7, 11) is 3.21. The molecule has 26 heavy (non-hydrogen) atoms. The van der Waals surface area contributed by atoms with Crippen LogP contribution in [-0.2, 0) is 0 Å². The normalized spacial score (nSPS) is 10.6. The molecule has 0 saturated carbocycles. The molecule has 0 bridgehead atoms. The Hall–Kier alpha value is -2.32. The highest BCUT2D eigenvalue weighted by atomic mass is 79.9. The lowest BCUT2D eigenvalue weighted by Crippen LogP contribution is -2.03. The van der Waals surface area contributed by atoms with Crippen molar-refractivity contribution in [2.75, 3.05) is 20.0 Å². The minimum atomic E-state index is -0.00542. The molecule has 8 heteroatoms. The number of methoxy groups -OCH3 is 2. The first-order chi connectivity index (χ1) is 12.6. The summed E-state index contributed by atoms with van der Waals surface area (Å²) < 4.78 is 11.1. The number of nitrogens with zero attached hydrogens (tertiary/aromatic N) is 2. The van der Waals surface area contributed by atoms with Gasteiger partial charge in [0.2, 0.25) is 5.16 Å². The molecule has 0 saturated heterocycles. The number of carbonyl (C=O) groups is 1. The first-order valence-electron chi connectivity index (χ1n) is 7.67. The van der Waals surface area contributed by atoms with Crippen LogP contribution < -0.4 is 9.47 Å². The quantitative estimate of drug-likeness (QED) is 0.443. The molecule has 6 nitrogen and oxygen atoms in total. The highest BCUT2D eigenvalue weighted by Gasteiger charge is 2.12. The van der Waals surface area contributed by atoms with E-state index >= 15 is 0 Å². The summed E-state index contributed by atoms with van der Waals surface area (Å²) in [4.78, 5) is 16.8. The number of hydrogen-bond acceptors (Lipinski definition) is 6. The smallest absolute Gasteiger partial charge is 0.209 e. The predicted octanol–water partition coefficient (Wildman–Crippen LogP) is 4.23. The zero-order valence-corrected chi connectivity index (χ0v) is 16.6. The number of ether oxygens (including phenoxy) is 2. The number of nitrogens with one attached hydrogen (secondary N) is 1. The molecule has 1 heterocycles. The highest BCUT2D eigenvalue weighted by molar-refractivity contribution is 9.10. The molecule has 1 N–H and O–H groups in total. The molecule has 0 aliphatic heterocycles. The van der Waals surface area contributed by atoms with E-state index in [4.69, 9.17) is 9.47 Å². The molecule has 0 spiro atoms. The second kappa shape index (κ2) is 8.37. The number of thioether (sulfide) groups is 1. The van der Waals surface area contributed by atoms with Gasteiger partial charge in [0.15, 0.2) is 11.6 Å². The van der Waals surface area contributed by atoms with Crippen molar-refractivity contribution in [3.05, 3.63) is 52.5 Å². The Balaban J connectivity index is 1.64. The second-order valence-corrected chi connectivity index (χ2v) is 7.05. The average Bonchev–Trinajstić information content (AvgIpc) is 3.15. The minimum Gasteiger partial charge on any atom is -0.497 e. The number of ketones is 1. The first kappa shape index (κ1) is 18.5. The molecule has 0 unspecified atom stereocenters. The standard InChI is InChI=1S/C18H16BrN3O3S/c1-24-13-6-3-11(4-7-13)17-20-18(22-21-17)26-10-15(23)12-5-8-16(25-2)14(19)9-12/h3-9H,10H2,1-2H3,(H,20,21,22). The summed E-state index contributed by atoms with van der Waals surface area (Å²) in [6.45, 7) is 0. The van der Waals surface area contributed by atoms with Gasteiger partial charge in [0.05, 0.1) is 24.4 Å². The van der Waals surface area contributed by atoms with Gasteiger partial charge in [-0.1, -0.05) is 11.8 Å². The molecule has 0 aliphatic carbocycles. The summed E-state index contributed by atoms with van der Waals surface area (Å²) in [5.41, 5.74) is 1.51. The molecule has 0 atom stereocenters. The summed E-state index contributed by atoms with van der Waals surface area (Å²) in [5, 5.41) is 7.57. The minimum absolute atomic E-state index is 0.00542. The van der Waals surface area contributed by atoms with E-state index in [0.717, 1.165) is 15.8 Å². The van der Waals surface area contributed by atoms with Gasteiger partial charge in [0.25, 0.3) is 0 Å². The van der Waals surface area contributed by atoms with Crippen LogP contribution in [0.1, 0.15) is 10.4 Å². The number of carbonyl (C=O) groups excluding carboxylic acids is 1. The monoisotopic (exact) mass is 433 g/mol. The topological polar surface area (TPSA) is 77.1 Å². The van der Waals surface area contributed by atoms with Crippen molar-refractivity contribution >= 4 is 33.5 Å². The van der Waals surface area contributed by atoms with E-state index in [2.05, 4.69) is 31.1 Å². The fourth-order valence-corrected chi connectivity index (χ4v) is 3.48. The number of aromatic amines is 1. The Labute approximate surface area is 163 Å². The van der Waals surface area contributed by atoms with Crippen molar-refractivity contribution in [3.63, 3.8) is 0 Å². The number of H-pyrrole nitrogens is 1. The van der Waals surface area contributed by atoms with Crippen LogP contribution in [0.15, 0.2) is 52.1 Å². The van der Waals surface area contributed by atoms with E-state index < -0.39 is 0 Å². The SMILES string of the molecule is COc1ccc(-c2nc(SCC(=O)c3ccc(OC)c(Br)c3)n[nH]2)cc1. The lowest BCUT2D eigenvalue weighted by Gasteiger charge is -2.05. The summed E-state index contributed by atoms with van der Waals surface area (Å²) in [5.74, 6) is 2.36. The van der Waals surface area contributed by atoms with Gasteiger partial charge in [-0.2, -0.15) is 0 Å². The lowest BCUT2D eigenvalue weighted by molar-refractivity contribution is 0.102.